The minimum atomic E-state index is 0.134. The number of fused-ring (bicyclic) bond motifs is 2. The minimum absolute atomic E-state index is 0.134. The molecule has 186 valence electrons. The van der Waals surface area contributed by atoms with Gasteiger partial charge >= 0.3 is 0 Å². The molecule has 0 unspecified atom stereocenters. The number of hydrogen-bond donors (Lipinski definition) is 0. The van der Waals surface area contributed by atoms with Crippen LogP contribution in [-0.4, -0.2) is 4.57 Å². The quantitative estimate of drug-likeness (QED) is 0.211. The van der Waals surface area contributed by atoms with Gasteiger partial charge in [-0.15, -0.1) is 0 Å². The first-order valence-corrected chi connectivity index (χ1v) is 13.9. The van der Waals surface area contributed by atoms with E-state index in [1.807, 2.05) is 0 Å². The van der Waals surface area contributed by atoms with Crippen molar-refractivity contribution in [3.8, 4) is 11.3 Å². The fraction of sp³-hybridized carbons (Fsp3) is 0.143. The summed E-state index contributed by atoms with van der Waals surface area (Å²) in [7, 11) is 2.16. The van der Waals surface area contributed by atoms with Crippen LogP contribution >= 0.6 is 15.9 Å². The summed E-state index contributed by atoms with van der Waals surface area (Å²) in [6, 6.07) is 39.3. The maximum absolute atomic E-state index is 6.68. The standard InChI is InChI=1S/C35H28BrNO/c1-22-30-31(23-11-5-3-6-12-23)32(24-17-19-26(36)20-18-24)33(28-21-37(2)29-16-10-9-15-27(28)29)34(30)35(38-22)25-13-7-4-8-14-25/h3-21,31-33H,1-2H3/t31-,32+,33-/m0/s1. The molecule has 2 aromatic heterocycles. The number of para-hydroxylation sites is 1. The number of hydrogen-bond acceptors (Lipinski definition) is 1. The fourth-order valence-electron chi connectivity index (χ4n) is 6.70. The molecule has 7 rings (SSSR count). The van der Waals surface area contributed by atoms with Gasteiger partial charge in [-0.05, 0) is 41.8 Å². The average Bonchev–Trinajstić information content (AvgIpc) is 3.59. The van der Waals surface area contributed by atoms with Crippen LogP contribution in [-0.2, 0) is 7.05 Å². The van der Waals surface area contributed by atoms with Gasteiger partial charge in [-0.3, -0.25) is 0 Å². The first-order valence-electron chi connectivity index (χ1n) is 13.1. The van der Waals surface area contributed by atoms with Gasteiger partial charge in [-0.25, -0.2) is 0 Å². The highest BCUT2D eigenvalue weighted by Crippen LogP contribution is 2.62. The van der Waals surface area contributed by atoms with Crippen LogP contribution in [0.3, 0.4) is 0 Å². The number of halogens is 1. The zero-order valence-electron chi connectivity index (χ0n) is 21.4. The van der Waals surface area contributed by atoms with Crippen LogP contribution in [0.25, 0.3) is 22.2 Å². The molecule has 0 fully saturated rings. The predicted molar refractivity (Wildman–Crippen MR) is 159 cm³/mol. The van der Waals surface area contributed by atoms with Gasteiger partial charge in [0.2, 0.25) is 0 Å². The van der Waals surface area contributed by atoms with Crippen LogP contribution in [0.4, 0.5) is 0 Å². The van der Waals surface area contributed by atoms with Gasteiger partial charge in [0.05, 0.1) is 0 Å². The topological polar surface area (TPSA) is 18.1 Å². The SMILES string of the molecule is Cc1oc(-c2ccccc2)c2c1[C@H](c1ccccc1)[C@@H](c1ccc(Br)cc1)[C@@H]2c1cn(C)c2ccccc12. The summed E-state index contributed by atoms with van der Waals surface area (Å²) in [6.07, 6.45) is 2.34. The molecule has 1 aliphatic carbocycles. The smallest absolute Gasteiger partial charge is 0.138 e. The molecule has 4 aromatic carbocycles. The normalized spacial score (nSPS) is 18.7. The van der Waals surface area contributed by atoms with Crippen molar-refractivity contribution in [1.29, 1.82) is 0 Å². The molecular weight excluding hydrogens is 530 g/mol. The molecule has 0 spiro atoms. The number of aryl methyl sites for hydroxylation is 2. The van der Waals surface area contributed by atoms with Crippen molar-refractivity contribution in [3.63, 3.8) is 0 Å². The van der Waals surface area contributed by atoms with E-state index < -0.39 is 0 Å². The maximum atomic E-state index is 6.68. The van der Waals surface area contributed by atoms with Crippen LogP contribution in [0.2, 0.25) is 0 Å². The van der Waals surface area contributed by atoms with E-state index in [-0.39, 0.29) is 17.8 Å². The van der Waals surface area contributed by atoms with E-state index in [0.717, 1.165) is 21.6 Å². The van der Waals surface area contributed by atoms with Crippen LogP contribution in [0.5, 0.6) is 0 Å². The van der Waals surface area contributed by atoms with Crippen molar-refractivity contribution in [2.75, 3.05) is 0 Å². The Morgan fingerprint density at radius 1 is 0.684 bits per heavy atom. The highest BCUT2D eigenvalue weighted by molar-refractivity contribution is 9.10. The molecule has 3 heteroatoms. The van der Waals surface area contributed by atoms with Crippen LogP contribution in [0.15, 0.2) is 124 Å². The summed E-state index contributed by atoms with van der Waals surface area (Å²) >= 11 is 3.67. The lowest BCUT2D eigenvalue weighted by molar-refractivity contribution is 0.511. The third-order valence-electron chi connectivity index (χ3n) is 8.22. The summed E-state index contributed by atoms with van der Waals surface area (Å²) in [6.45, 7) is 2.14. The molecular formula is C35H28BrNO. The molecule has 2 nitrogen and oxygen atoms in total. The van der Waals surface area contributed by atoms with Crippen LogP contribution in [0.1, 0.15) is 51.3 Å². The molecule has 0 aliphatic heterocycles. The van der Waals surface area contributed by atoms with Gasteiger partial charge in [-0.2, -0.15) is 0 Å². The molecule has 1 aliphatic rings. The van der Waals surface area contributed by atoms with E-state index >= 15 is 0 Å². The molecule has 0 bridgehead atoms. The molecule has 2 heterocycles. The largest absolute Gasteiger partial charge is 0.461 e. The van der Waals surface area contributed by atoms with E-state index in [4.69, 9.17) is 4.42 Å². The Morgan fingerprint density at radius 3 is 2.08 bits per heavy atom. The van der Waals surface area contributed by atoms with E-state index in [2.05, 4.69) is 150 Å². The Labute approximate surface area is 231 Å². The highest BCUT2D eigenvalue weighted by atomic mass is 79.9. The van der Waals surface area contributed by atoms with Gasteiger partial charge in [0.25, 0.3) is 0 Å². The summed E-state index contributed by atoms with van der Waals surface area (Å²) in [5, 5.41) is 1.31. The van der Waals surface area contributed by atoms with E-state index in [0.29, 0.717) is 0 Å². The van der Waals surface area contributed by atoms with Gasteiger partial charge in [-0.1, -0.05) is 107 Å². The van der Waals surface area contributed by atoms with Gasteiger partial charge in [0, 0.05) is 63.1 Å². The Hall–Kier alpha value is -3.82. The maximum Gasteiger partial charge on any atom is 0.138 e. The molecule has 0 saturated carbocycles. The van der Waals surface area contributed by atoms with Crippen molar-refractivity contribution >= 4 is 26.8 Å². The fourth-order valence-corrected chi connectivity index (χ4v) is 6.96. The van der Waals surface area contributed by atoms with E-state index in [1.165, 1.54) is 38.7 Å². The predicted octanol–water partition coefficient (Wildman–Crippen LogP) is 9.57. The van der Waals surface area contributed by atoms with Gasteiger partial charge < -0.3 is 8.98 Å². The molecule has 0 N–H and O–H groups in total. The molecule has 38 heavy (non-hydrogen) atoms. The second-order valence-corrected chi connectivity index (χ2v) is 11.3. The van der Waals surface area contributed by atoms with Crippen molar-refractivity contribution < 1.29 is 4.42 Å². The number of benzene rings is 4. The zero-order chi connectivity index (χ0) is 25.8. The number of aromatic nitrogens is 1. The lowest BCUT2D eigenvalue weighted by Gasteiger charge is -2.28. The van der Waals surface area contributed by atoms with Crippen LogP contribution < -0.4 is 0 Å². The Bertz CT molecular complexity index is 1750. The number of rotatable bonds is 4. The first-order chi connectivity index (χ1) is 18.6. The second-order valence-electron chi connectivity index (χ2n) is 10.3. The zero-order valence-corrected chi connectivity index (χ0v) is 23.0. The second kappa shape index (κ2) is 9.18. The summed E-state index contributed by atoms with van der Waals surface area (Å²) < 4.78 is 10.1. The monoisotopic (exact) mass is 557 g/mol. The molecule has 0 saturated heterocycles. The lowest BCUT2D eigenvalue weighted by atomic mass is 9.75. The molecule has 0 amide bonds. The van der Waals surface area contributed by atoms with Gasteiger partial charge in [0.15, 0.2) is 0 Å². The third-order valence-corrected chi connectivity index (χ3v) is 8.75. The van der Waals surface area contributed by atoms with Gasteiger partial charge in [0.1, 0.15) is 11.5 Å². The summed E-state index contributed by atoms with van der Waals surface area (Å²) in [4.78, 5) is 0. The summed E-state index contributed by atoms with van der Waals surface area (Å²) in [5.74, 6) is 2.54. The third kappa shape index (κ3) is 3.60. The van der Waals surface area contributed by atoms with Crippen molar-refractivity contribution in [2.45, 2.75) is 24.7 Å². The van der Waals surface area contributed by atoms with Crippen molar-refractivity contribution in [3.05, 3.63) is 153 Å². The molecule has 0 radical (unpaired) electrons. The Morgan fingerprint density at radius 2 is 1.34 bits per heavy atom. The van der Waals surface area contributed by atoms with Crippen molar-refractivity contribution in [1.82, 2.24) is 4.57 Å². The number of nitrogens with zero attached hydrogens (tertiary/aromatic N) is 1. The highest BCUT2D eigenvalue weighted by Gasteiger charge is 2.48. The average molecular weight is 559 g/mol. The lowest BCUT2D eigenvalue weighted by Crippen LogP contribution is -2.14. The van der Waals surface area contributed by atoms with E-state index in [1.54, 1.807) is 0 Å². The number of furan rings is 1. The van der Waals surface area contributed by atoms with Crippen molar-refractivity contribution in [2.24, 2.45) is 7.05 Å². The van der Waals surface area contributed by atoms with E-state index in [9.17, 15) is 0 Å². The molecule has 3 atom stereocenters. The molecule has 6 aromatic rings. The Balaban J connectivity index is 1.58. The first kappa shape index (κ1) is 23.3. The Kier molecular flexibility index (Phi) is 5.63. The van der Waals surface area contributed by atoms with Crippen LogP contribution in [0, 0.1) is 6.92 Å². The minimum Gasteiger partial charge on any atom is -0.461 e. The summed E-state index contributed by atoms with van der Waals surface area (Å²) in [5.41, 5.74) is 9.07.